The second kappa shape index (κ2) is 5.29. The largest absolute Gasteiger partial charge is 0.365 e. The molecule has 0 saturated carbocycles. The Morgan fingerprint density at radius 3 is 2.56 bits per heavy atom. The van der Waals surface area contributed by atoms with Crippen LogP contribution in [0.25, 0.3) is 0 Å². The number of hydrogen-bond donors (Lipinski definition) is 1. The molecule has 3 heteroatoms. The molecule has 18 heavy (non-hydrogen) atoms. The van der Waals surface area contributed by atoms with Crippen LogP contribution in [0.5, 0.6) is 0 Å². The first-order chi connectivity index (χ1) is 8.54. The Morgan fingerprint density at radius 1 is 1.28 bits per heavy atom. The number of nitrogens with zero attached hydrogens (tertiary/aromatic N) is 2. The second-order valence-corrected chi connectivity index (χ2v) is 5.89. The molecule has 100 valence electrons. The van der Waals surface area contributed by atoms with E-state index in [0.717, 1.165) is 26.1 Å². The molecule has 1 heterocycles. The van der Waals surface area contributed by atoms with Gasteiger partial charge in [0, 0.05) is 30.4 Å². The molecule has 3 nitrogen and oxygen atoms in total. The van der Waals surface area contributed by atoms with Gasteiger partial charge in [0.1, 0.15) is 0 Å². The number of benzene rings is 1. The number of rotatable bonds is 3. The Labute approximate surface area is 111 Å². The Bertz CT molecular complexity index is 375. The fourth-order valence-electron chi connectivity index (χ4n) is 2.69. The van der Waals surface area contributed by atoms with Crippen molar-refractivity contribution in [2.45, 2.75) is 31.8 Å². The molecule has 0 amide bonds. The summed E-state index contributed by atoms with van der Waals surface area (Å²) in [7, 11) is 2.21. The highest BCUT2D eigenvalue weighted by Crippen LogP contribution is 2.28. The van der Waals surface area contributed by atoms with Crippen LogP contribution in [-0.2, 0) is 0 Å². The number of anilines is 1. The van der Waals surface area contributed by atoms with Gasteiger partial charge in [0.05, 0.1) is 0 Å². The zero-order chi connectivity index (χ0) is 13.2. The summed E-state index contributed by atoms with van der Waals surface area (Å²) >= 11 is 0. The lowest BCUT2D eigenvalue weighted by molar-refractivity contribution is 0.113. The number of likely N-dealkylation sites (N-methyl/N-ethyl adjacent to an activating group) is 1. The summed E-state index contributed by atoms with van der Waals surface area (Å²) < 4.78 is 0. The first kappa shape index (κ1) is 13.4. The molecule has 2 N–H and O–H groups in total. The molecule has 0 bridgehead atoms. The Hall–Kier alpha value is -1.06. The van der Waals surface area contributed by atoms with E-state index in [1.807, 2.05) is 0 Å². The molecular formula is C15H25N3. The van der Waals surface area contributed by atoms with Crippen LogP contribution < -0.4 is 10.6 Å². The molecular weight excluding hydrogens is 222 g/mol. The SMILES string of the molecule is CN1CC(CCN)N(c2ccccc2)CC1(C)C. The Morgan fingerprint density at radius 2 is 1.94 bits per heavy atom. The lowest BCUT2D eigenvalue weighted by atomic mass is 9.94. The van der Waals surface area contributed by atoms with Gasteiger partial charge in [0.15, 0.2) is 0 Å². The summed E-state index contributed by atoms with van der Waals surface area (Å²) in [6.07, 6.45) is 1.05. The lowest BCUT2D eigenvalue weighted by Gasteiger charge is -2.50. The summed E-state index contributed by atoms with van der Waals surface area (Å²) in [6.45, 7) is 7.50. The monoisotopic (exact) mass is 247 g/mol. The van der Waals surface area contributed by atoms with Gasteiger partial charge in [0.2, 0.25) is 0 Å². The third-order valence-electron chi connectivity index (χ3n) is 4.10. The molecule has 1 atom stereocenters. The Balaban J connectivity index is 2.24. The van der Waals surface area contributed by atoms with Crippen molar-refractivity contribution in [3.8, 4) is 0 Å². The van der Waals surface area contributed by atoms with Gasteiger partial charge in [-0.2, -0.15) is 0 Å². The van der Waals surface area contributed by atoms with Gasteiger partial charge in [-0.15, -0.1) is 0 Å². The van der Waals surface area contributed by atoms with E-state index in [2.05, 4.69) is 61.0 Å². The molecule has 1 aliphatic rings. The van der Waals surface area contributed by atoms with Crippen molar-refractivity contribution in [3.05, 3.63) is 30.3 Å². The van der Waals surface area contributed by atoms with Crippen LogP contribution in [0.2, 0.25) is 0 Å². The van der Waals surface area contributed by atoms with E-state index in [9.17, 15) is 0 Å². The fraction of sp³-hybridized carbons (Fsp3) is 0.600. The molecule has 1 aromatic rings. The zero-order valence-electron chi connectivity index (χ0n) is 11.8. The molecule has 1 aromatic carbocycles. The van der Waals surface area contributed by atoms with Crippen LogP contribution in [0, 0.1) is 0 Å². The molecule has 0 radical (unpaired) electrons. The summed E-state index contributed by atoms with van der Waals surface area (Å²) in [5.41, 5.74) is 7.29. The minimum absolute atomic E-state index is 0.209. The third kappa shape index (κ3) is 2.68. The minimum atomic E-state index is 0.209. The summed E-state index contributed by atoms with van der Waals surface area (Å²) in [6, 6.07) is 11.2. The van der Waals surface area contributed by atoms with Crippen LogP contribution >= 0.6 is 0 Å². The van der Waals surface area contributed by atoms with Crippen molar-refractivity contribution < 1.29 is 0 Å². The van der Waals surface area contributed by atoms with E-state index in [-0.39, 0.29) is 5.54 Å². The van der Waals surface area contributed by atoms with Gasteiger partial charge in [-0.05, 0) is 46.0 Å². The topological polar surface area (TPSA) is 32.5 Å². The van der Waals surface area contributed by atoms with E-state index in [0.29, 0.717) is 6.04 Å². The molecule has 2 rings (SSSR count). The van der Waals surface area contributed by atoms with Crippen LogP contribution in [-0.4, -0.2) is 43.2 Å². The summed E-state index contributed by atoms with van der Waals surface area (Å²) in [4.78, 5) is 4.97. The van der Waals surface area contributed by atoms with E-state index >= 15 is 0 Å². The van der Waals surface area contributed by atoms with Crippen molar-refractivity contribution >= 4 is 5.69 Å². The maximum Gasteiger partial charge on any atom is 0.0430 e. The summed E-state index contributed by atoms with van der Waals surface area (Å²) in [5, 5.41) is 0. The number of hydrogen-bond acceptors (Lipinski definition) is 3. The van der Waals surface area contributed by atoms with E-state index in [1.165, 1.54) is 5.69 Å². The molecule has 0 aliphatic carbocycles. The maximum atomic E-state index is 5.77. The van der Waals surface area contributed by atoms with Crippen LogP contribution in [0.15, 0.2) is 30.3 Å². The molecule has 1 aliphatic heterocycles. The van der Waals surface area contributed by atoms with Crippen LogP contribution in [0.1, 0.15) is 20.3 Å². The molecule has 0 aromatic heterocycles. The standard InChI is InChI=1S/C15H25N3/c1-15(2)12-18(13-7-5-4-6-8-13)14(9-10-16)11-17(15)3/h4-8,14H,9-12,16H2,1-3H3. The van der Waals surface area contributed by atoms with Crippen molar-refractivity contribution in [2.24, 2.45) is 5.73 Å². The smallest absolute Gasteiger partial charge is 0.0430 e. The predicted molar refractivity (Wildman–Crippen MR) is 78.0 cm³/mol. The average molecular weight is 247 g/mol. The van der Waals surface area contributed by atoms with Gasteiger partial charge in [-0.3, -0.25) is 4.90 Å². The zero-order valence-corrected chi connectivity index (χ0v) is 11.8. The van der Waals surface area contributed by atoms with Crippen molar-refractivity contribution in [3.63, 3.8) is 0 Å². The lowest BCUT2D eigenvalue weighted by Crippen LogP contribution is -2.62. The third-order valence-corrected chi connectivity index (χ3v) is 4.10. The van der Waals surface area contributed by atoms with E-state index in [4.69, 9.17) is 5.73 Å². The molecule has 1 unspecified atom stereocenters. The maximum absolute atomic E-state index is 5.77. The van der Waals surface area contributed by atoms with Crippen molar-refractivity contribution in [2.75, 3.05) is 31.6 Å². The highest BCUT2D eigenvalue weighted by molar-refractivity contribution is 5.48. The predicted octanol–water partition coefficient (Wildman–Crippen LogP) is 1.93. The average Bonchev–Trinajstić information content (AvgIpc) is 2.35. The fourth-order valence-corrected chi connectivity index (χ4v) is 2.69. The highest BCUT2D eigenvalue weighted by atomic mass is 15.3. The van der Waals surface area contributed by atoms with Gasteiger partial charge in [0.25, 0.3) is 0 Å². The van der Waals surface area contributed by atoms with Crippen LogP contribution in [0.3, 0.4) is 0 Å². The van der Waals surface area contributed by atoms with E-state index < -0.39 is 0 Å². The normalized spacial score (nSPS) is 24.2. The van der Waals surface area contributed by atoms with Gasteiger partial charge in [-0.25, -0.2) is 0 Å². The Kier molecular flexibility index (Phi) is 3.93. The summed E-state index contributed by atoms with van der Waals surface area (Å²) in [5.74, 6) is 0. The quantitative estimate of drug-likeness (QED) is 0.886. The first-order valence-corrected chi connectivity index (χ1v) is 6.77. The number of piperazine rings is 1. The first-order valence-electron chi connectivity index (χ1n) is 6.77. The van der Waals surface area contributed by atoms with E-state index in [1.54, 1.807) is 0 Å². The molecule has 1 fully saturated rings. The van der Waals surface area contributed by atoms with Crippen LogP contribution in [0.4, 0.5) is 5.69 Å². The van der Waals surface area contributed by atoms with Gasteiger partial charge >= 0.3 is 0 Å². The highest BCUT2D eigenvalue weighted by Gasteiger charge is 2.36. The number of para-hydroxylation sites is 1. The van der Waals surface area contributed by atoms with Crippen molar-refractivity contribution in [1.29, 1.82) is 0 Å². The van der Waals surface area contributed by atoms with Gasteiger partial charge < -0.3 is 10.6 Å². The molecule has 1 saturated heterocycles. The van der Waals surface area contributed by atoms with Gasteiger partial charge in [-0.1, -0.05) is 18.2 Å². The molecule has 0 spiro atoms. The number of nitrogens with two attached hydrogens (primary N) is 1. The van der Waals surface area contributed by atoms with Crippen molar-refractivity contribution in [1.82, 2.24) is 4.90 Å². The second-order valence-electron chi connectivity index (χ2n) is 5.89. The minimum Gasteiger partial charge on any atom is -0.365 e.